The summed E-state index contributed by atoms with van der Waals surface area (Å²) < 4.78 is 10.7. The van der Waals surface area contributed by atoms with Gasteiger partial charge < -0.3 is 9.47 Å². The van der Waals surface area contributed by atoms with Crippen molar-refractivity contribution in [1.29, 1.82) is 0 Å². The van der Waals surface area contributed by atoms with Crippen molar-refractivity contribution in [2.24, 2.45) is 0 Å². The van der Waals surface area contributed by atoms with Crippen LogP contribution in [0.15, 0.2) is 42.5 Å². The fourth-order valence-corrected chi connectivity index (χ4v) is 1.93. The average Bonchev–Trinajstić information content (AvgIpc) is 2.47. The molecule has 0 spiro atoms. The number of pyridine rings is 1. The molecule has 0 saturated heterocycles. The zero-order valence-electron chi connectivity index (χ0n) is 13.3. The molecule has 5 nitrogen and oxygen atoms in total. The van der Waals surface area contributed by atoms with E-state index in [0.717, 1.165) is 5.56 Å². The fourth-order valence-electron chi connectivity index (χ4n) is 1.74. The van der Waals surface area contributed by atoms with Crippen molar-refractivity contribution in [3.8, 4) is 5.88 Å². The van der Waals surface area contributed by atoms with E-state index in [9.17, 15) is 4.79 Å². The molecule has 0 fully saturated rings. The summed E-state index contributed by atoms with van der Waals surface area (Å²) in [7, 11) is 0. The minimum absolute atomic E-state index is 0.140. The number of hydrogen-bond donors (Lipinski definition) is 1. The first kappa shape index (κ1) is 17.1. The molecule has 1 N–H and O–H groups in total. The maximum Gasteiger partial charge on any atom is 0.412 e. The molecule has 0 aliphatic rings. The Morgan fingerprint density at radius 3 is 2.48 bits per heavy atom. The fraction of sp³-hybridized carbons (Fsp3) is 0.294. The van der Waals surface area contributed by atoms with Crippen LogP contribution in [-0.4, -0.2) is 16.7 Å². The van der Waals surface area contributed by atoms with E-state index in [4.69, 9.17) is 21.1 Å². The molecule has 0 atom stereocenters. The number of carbonyl (C=O) groups is 1. The van der Waals surface area contributed by atoms with Gasteiger partial charge in [-0.1, -0.05) is 41.9 Å². The molecule has 0 bridgehead atoms. The van der Waals surface area contributed by atoms with E-state index in [1.54, 1.807) is 32.9 Å². The molecule has 0 saturated carbocycles. The first-order valence-corrected chi connectivity index (χ1v) is 7.54. The Hall–Kier alpha value is -2.27. The average molecular weight is 335 g/mol. The predicted molar refractivity (Wildman–Crippen MR) is 89.9 cm³/mol. The summed E-state index contributed by atoms with van der Waals surface area (Å²) in [6.07, 6.45) is -0.584. The lowest BCUT2D eigenvalue weighted by molar-refractivity contribution is 0.0636. The predicted octanol–water partition coefficient (Wildman–Crippen LogP) is 4.66. The summed E-state index contributed by atoms with van der Waals surface area (Å²) in [5.74, 6) is 0.383. The van der Waals surface area contributed by atoms with E-state index >= 15 is 0 Å². The molecule has 1 heterocycles. The SMILES string of the molecule is CC(C)(C)OC(=O)Nc1ccc(OCc2ccccc2)nc1Cl. The lowest BCUT2D eigenvalue weighted by Gasteiger charge is -2.19. The highest BCUT2D eigenvalue weighted by Gasteiger charge is 2.17. The third kappa shape index (κ3) is 5.79. The van der Waals surface area contributed by atoms with Crippen molar-refractivity contribution in [3.63, 3.8) is 0 Å². The highest BCUT2D eigenvalue weighted by molar-refractivity contribution is 6.32. The van der Waals surface area contributed by atoms with Crippen molar-refractivity contribution in [2.45, 2.75) is 33.0 Å². The number of ether oxygens (including phenoxy) is 2. The quantitative estimate of drug-likeness (QED) is 0.826. The molecule has 0 aliphatic carbocycles. The number of nitrogens with one attached hydrogen (secondary N) is 1. The van der Waals surface area contributed by atoms with Gasteiger partial charge in [0.15, 0.2) is 5.15 Å². The summed E-state index contributed by atoms with van der Waals surface area (Å²) in [6, 6.07) is 13.0. The minimum atomic E-state index is -0.584. The number of benzene rings is 1. The highest BCUT2D eigenvalue weighted by Crippen LogP contribution is 2.24. The Bertz CT molecular complexity index is 669. The zero-order valence-corrected chi connectivity index (χ0v) is 14.1. The van der Waals surface area contributed by atoms with Gasteiger partial charge in [-0.15, -0.1) is 0 Å². The monoisotopic (exact) mass is 334 g/mol. The first-order valence-electron chi connectivity index (χ1n) is 7.17. The summed E-state index contributed by atoms with van der Waals surface area (Å²) in [6.45, 7) is 5.75. The summed E-state index contributed by atoms with van der Waals surface area (Å²) in [5, 5.41) is 2.70. The molecular weight excluding hydrogens is 316 g/mol. The summed E-state index contributed by atoms with van der Waals surface area (Å²) in [5.41, 5.74) is 0.817. The normalized spacial score (nSPS) is 11.0. The van der Waals surface area contributed by atoms with Crippen molar-refractivity contribution < 1.29 is 14.3 Å². The van der Waals surface area contributed by atoms with E-state index in [1.165, 1.54) is 0 Å². The Balaban J connectivity index is 1.96. The van der Waals surface area contributed by atoms with Crippen LogP contribution in [0.3, 0.4) is 0 Å². The molecule has 6 heteroatoms. The molecule has 0 aliphatic heterocycles. The zero-order chi connectivity index (χ0) is 16.9. The van der Waals surface area contributed by atoms with Gasteiger partial charge >= 0.3 is 6.09 Å². The van der Waals surface area contributed by atoms with Crippen LogP contribution in [0.25, 0.3) is 0 Å². The minimum Gasteiger partial charge on any atom is -0.473 e. The number of anilines is 1. The van der Waals surface area contributed by atoms with Crippen LogP contribution in [0.2, 0.25) is 5.15 Å². The number of nitrogens with zero attached hydrogens (tertiary/aromatic N) is 1. The maximum atomic E-state index is 11.7. The van der Waals surface area contributed by atoms with Crippen molar-refractivity contribution >= 4 is 23.4 Å². The smallest absolute Gasteiger partial charge is 0.412 e. The van der Waals surface area contributed by atoms with Crippen LogP contribution in [0.1, 0.15) is 26.3 Å². The molecule has 2 aromatic rings. The first-order chi connectivity index (χ1) is 10.8. The second-order valence-electron chi connectivity index (χ2n) is 5.89. The molecule has 0 radical (unpaired) electrons. The van der Waals surface area contributed by atoms with Crippen LogP contribution in [0.4, 0.5) is 10.5 Å². The molecule has 122 valence electrons. The van der Waals surface area contributed by atoms with Gasteiger partial charge in [0.1, 0.15) is 12.2 Å². The van der Waals surface area contributed by atoms with E-state index in [-0.39, 0.29) is 5.15 Å². The van der Waals surface area contributed by atoms with Crippen molar-refractivity contribution in [3.05, 3.63) is 53.2 Å². The topological polar surface area (TPSA) is 60.5 Å². The third-order valence-electron chi connectivity index (χ3n) is 2.69. The number of amides is 1. The Kier molecular flexibility index (Phi) is 5.45. The Labute approximate surface area is 140 Å². The number of hydrogen-bond acceptors (Lipinski definition) is 4. The van der Waals surface area contributed by atoms with Gasteiger partial charge in [0.05, 0.1) is 5.69 Å². The summed E-state index contributed by atoms with van der Waals surface area (Å²) in [4.78, 5) is 15.8. The van der Waals surface area contributed by atoms with Gasteiger partial charge in [0.2, 0.25) is 5.88 Å². The molecule has 2 rings (SSSR count). The van der Waals surface area contributed by atoms with Gasteiger partial charge in [-0.05, 0) is 32.4 Å². The number of carbonyl (C=O) groups excluding carboxylic acids is 1. The van der Waals surface area contributed by atoms with Gasteiger partial charge in [-0.2, -0.15) is 4.98 Å². The number of aromatic nitrogens is 1. The van der Waals surface area contributed by atoms with Crippen LogP contribution in [0.5, 0.6) is 5.88 Å². The van der Waals surface area contributed by atoms with Crippen LogP contribution >= 0.6 is 11.6 Å². The standard InChI is InChI=1S/C17H19ClN2O3/c1-17(2,3)23-16(21)19-13-9-10-14(20-15(13)18)22-11-12-7-5-4-6-8-12/h4-10H,11H2,1-3H3,(H,19,21). The van der Waals surface area contributed by atoms with Gasteiger partial charge in [0.25, 0.3) is 0 Å². The van der Waals surface area contributed by atoms with E-state index in [2.05, 4.69) is 10.3 Å². The largest absolute Gasteiger partial charge is 0.473 e. The van der Waals surface area contributed by atoms with E-state index < -0.39 is 11.7 Å². The van der Waals surface area contributed by atoms with Gasteiger partial charge in [0, 0.05) is 6.07 Å². The van der Waals surface area contributed by atoms with Gasteiger partial charge in [-0.3, -0.25) is 5.32 Å². The van der Waals surface area contributed by atoms with E-state index in [0.29, 0.717) is 18.2 Å². The van der Waals surface area contributed by atoms with Gasteiger partial charge in [-0.25, -0.2) is 4.79 Å². The van der Waals surface area contributed by atoms with Crippen LogP contribution in [0, 0.1) is 0 Å². The lowest BCUT2D eigenvalue weighted by atomic mass is 10.2. The maximum absolute atomic E-state index is 11.7. The number of rotatable bonds is 4. The second kappa shape index (κ2) is 7.33. The molecule has 23 heavy (non-hydrogen) atoms. The van der Waals surface area contributed by atoms with Crippen molar-refractivity contribution in [2.75, 3.05) is 5.32 Å². The van der Waals surface area contributed by atoms with Crippen LogP contribution < -0.4 is 10.1 Å². The lowest BCUT2D eigenvalue weighted by Crippen LogP contribution is -2.27. The Morgan fingerprint density at radius 1 is 1.17 bits per heavy atom. The third-order valence-corrected chi connectivity index (χ3v) is 2.98. The molecule has 1 aromatic heterocycles. The molecule has 1 amide bonds. The summed E-state index contributed by atoms with van der Waals surface area (Å²) >= 11 is 6.07. The molecule has 0 unspecified atom stereocenters. The van der Waals surface area contributed by atoms with Crippen molar-refractivity contribution in [1.82, 2.24) is 4.98 Å². The second-order valence-corrected chi connectivity index (χ2v) is 6.25. The Morgan fingerprint density at radius 2 is 1.87 bits per heavy atom. The van der Waals surface area contributed by atoms with E-state index in [1.807, 2.05) is 30.3 Å². The molecular formula is C17H19ClN2O3. The highest BCUT2D eigenvalue weighted by atomic mass is 35.5. The number of halogens is 1. The van der Waals surface area contributed by atoms with Crippen LogP contribution in [-0.2, 0) is 11.3 Å². The molecule has 1 aromatic carbocycles.